The Morgan fingerprint density at radius 3 is 1.56 bits per heavy atom. The first-order chi connectivity index (χ1) is 66.5. The van der Waals surface area contributed by atoms with Gasteiger partial charge in [-0.1, -0.05) is 151 Å². The molecule has 0 bridgehead atoms. The average molecular weight is 1960 g/mol. The van der Waals surface area contributed by atoms with Gasteiger partial charge in [-0.15, -0.1) is 11.8 Å². The third-order valence-corrected chi connectivity index (χ3v) is 26.9. The summed E-state index contributed by atoms with van der Waals surface area (Å²) >= 11 is 0.699. The molecule has 0 radical (unpaired) electrons. The molecule has 0 aliphatic carbocycles. The summed E-state index contributed by atoms with van der Waals surface area (Å²) in [4.78, 5) is 251. The number of aromatic amines is 1. The van der Waals surface area contributed by atoms with Crippen LogP contribution in [0.5, 0.6) is 11.5 Å². The molecule has 4 heterocycles. The second-order valence-corrected chi connectivity index (χ2v) is 38.1. The molecule has 6 aromatic carbocycles. The lowest BCUT2D eigenvalue weighted by Crippen LogP contribution is -2.61. The van der Waals surface area contributed by atoms with Crippen molar-refractivity contribution in [3.63, 3.8) is 0 Å². The van der Waals surface area contributed by atoms with E-state index < -0.39 is 277 Å². The minimum atomic E-state index is -1.87. The highest BCUT2D eigenvalue weighted by Gasteiger charge is 2.50. The van der Waals surface area contributed by atoms with Gasteiger partial charge in [-0.25, -0.2) is 13.2 Å². The number of nitrogens with one attached hydrogen (secondary N) is 7. The number of carbonyl (C=O) groups excluding carboxylic acids is 15. The number of aliphatic hydroxyl groups excluding tert-OH is 1. The van der Waals surface area contributed by atoms with Gasteiger partial charge in [0.05, 0.1) is 23.9 Å². The molecule has 3 fully saturated rings. The number of H-pyrrole nitrogens is 1. The summed E-state index contributed by atoms with van der Waals surface area (Å²) in [6.07, 6.45) is -5.33. The zero-order chi connectivity index (χ0) is 102. The molecule has 13 amide bonds. The van der Waals surface area contributed by atoms with Crippen LogP contribution in [0.4, 0.5) is 13.2 Å². The molecule has 15 N–H and O–H groups in total. The quantitative estimate of drug-likeness (QED) is 0.0343. The number of carbonyl (C=O) groups is 16. The predicted molar refractivity (Wildman–Crippen MR) is 513 cm³/mol. The molecule has 3 aliphatic heterocycles. The zero-order valence-corrected chi connectivity index (χ0v) is 80.6. The molecule has 3 saturated heterocycles. The van der Waals surface area contributed by atoms with Gasteiger partial charge in [0.15, 0.2) is 29.0 Å². The van der Waals surface area contributed by atoms with Crippen LogP contribution >= 0.6 is 11.8 Å². The number of unbranched alkanes of at least 4 members (excludes halogenated alkanes) is 1. The van der Waals surface area contributed by atoms with Crippen LogP contribution < -0.4 is 43.4 Å². The molecular formula is C101H126F3N15O20S. The molecule has 7 aromatic rings. The van der Waals surface area contributed by atoms with Gasteiger partial charge >= 0.3 is 5.97 Å². The van der Waals surface area contributed by atoms with Crippen LogP contribution in [0, 0.1) is 35.2 Å². The number of aromatic nitrogens is 1. The second kappa shape index (κ2) is 50.3. The van der Waals surface area contributed by atoms with Gasteiger partial charge in [-0.05, 0) is 113 Å². The molecule has 0 saturated carbocycles. The first-order valence-corrected chi connectivity index (χ1v) is 48.0. The number of carboxylic acids is 1. The Labute approximate surface area is 814 Å². The number of para-hydroxylation sites is 1. The number of likely N-dealkylation sites (N-methyl/N-ethyl adjacent to an activating group) is 4. The van der Waals surface area contributed by atoms with E-state index in [1.165, 1.54) is 81.6 Å². The van der Waals surface area contributed by atoms with E-state index >= 15 is 66.3 Å². The molecule has 3 aliphatic rings. The van der Waals surface area contributed by atoms with E-state index in [0.717, 1.165) is 24.5 Å². The average Bonchev–Trinajstić information content (AvgIpc) is 1.57. The van der Waals surface area contributed by atoms with E-state index in [4.69, 9.17) is 11.5 Å². The number of aliphatic carboxylic acids is 1. The number of phenols is 2. The number of nitrogens with zero attached hydrogens (tertiary/aromatic N) is 6. The number of hydrogen-bond donors (Lipinski definition) is 13. The Morgan fingerprint density at radius 2 is 0.986 bits per heavy atom. The Kier molecular flexibility index (Phi) is 39.0. The van der Waals surface area contributed by atoms with Crippen LogP contribution in [0.1, 0.15) is 139 Å². The van der Waals surface area contributed by atoms with Crippen molar-refractivity contribution in [2.75, 3.05) is 52.8 Å². The van der Waals surface area contributed by atoms with Gasteiger partial charge in [-0.2, -0.15) is 0 Å². The number of aliphatic hydroxyl groups is 1. The van der Waals surface area contributed by atoms with E-state index in [1.54, 1.807) is 119 Å². The molecule has 0 spiro atoms. The maximum Gasteiger partial charge on any atom is 0.303 e. The van der Waals surface area contributed by atoms with E-state index in [0.29, 0.717) is 69.0 Å². The number of phenolic OH excluding ortho intramolecular Hbond substituents is 2. The van der Waals surface area contributed by atoms with Gasteiger partial charge < -0.3 is 98.2 Å². The fourth-order valence-electron chi connectivity index (χ4n) is 18.0. The van der Waals surface area contributed by atoms with Crippen LogP contribution in [0.2, 0.25) is 0 Å². The van der Waals surface area contributed by atoms with Crippen LogP contribution in [0.15, 0.2) is 152 Å². The molecule has 140 heavy (non-hydrogen) atoms. The second-order valence-electron chi connectivity index (χ2n) is 37.1. The molecule has 35 nitrogen and oxygen atoms in total. The number of Topliss-reactive ketones (excluding diaryl/α,β-unsaturated/α-hetero) is 2. The third kappa shape index (κ3) is 29.3. The number of hydrogen-bond acceptors (Lipinski definition) is 21. The van der Waals surface area contributed by atoms with Gasteiger partial charge in [-0.3, -0.25) is 76.7 Å². The zero-order valence-electron chi connectivity index (χ0n) is 79.8. The molecule has 0 unspecified atom stereocenters. The highest BCUT2D eigenvalue weighted by molar-refractivity contribution is 8.00. The minimum Gasteiger partial charge on any atom is -0.508 e. The predicted octanol–water partition coefficient (Wildman–Crippen LogP) is 4.77. The third-order valence-electron chi connectivity index (χ3n) is 25.9. The van der Waals surface area contributed by atoms with E-state index in [1.807, 2.05) is 6.92 Å². The summed E-state index contributed by atoms with van der Waals surface area (Å²) in [6.45, 7) is 7.84. The molecule has 15 atom stereocenters. The Bertz CT molecular complexity index is 5580. The molecule has 10 rings (SSSR count). The highest BCUT2D eigenvalue weighted by atomic mass is 32.2. The van der Waals surface area contributed by atoms with Crippen molar-refractivity contribution in [2.24, 2.45) is 29.2 Å². The number of fused-ring (bicyclic) bond motifs is 3. The van der Waals surface area contributed by atoms with Crippen molar-refractivity contribution in [1.29, 1.82) is 0 Å². The van der Waals surface area contributed by atoms with Crippen molar-refractivity contribution < 1.29 is 110 Å². The van der Waals surface area contributed by atoms with Crippen molar-refractivity contribution in [1.82, 2.24) is 66.3 Å². The topological polar surface area (TPSA) is 513 Å². The number of amides is 13. The van der Waals surface area contributed by atoms with Crippen LogP contribution in [0.3, 0.4) is 0 Å². The molecule has 1 aromatic heterocycles. The lowest BCUT2D eigenvalue weighted by atomic mass is 9.86. The van der Waals surface area contributed by atoms with Crippen LogP contribution in [0.25, 0.3) is 10.9 Å². The Hall–Kier alpha value is -13.6. The van der Waals surface area contributed by atoms with Crippen molar-refractivity contribution >= 4 is 117 Å². The Morgan fingerprint density at radius 1 is 0.493 bits per heavy atom. The number of thioether (sulfide) groups is 1. The van der Waals surface area contributed by atoms with E-state index in [2.05, 4.69) is 36.9 Å². The van der Waals surface area contributed by atoms with Gasteiger partial charge in [0.2, 0.25) is 76.8 Å². The minimum absolute atomic E-state index is 0.0659. The standard InChI is InChI=1S/C101H126F3N15O20S/c1-10-11-26-80-100(138)119-53-67(122)49-84(119)101(139)118-52-64(105)48-81(118)86(124)50-69(57(4)5)96(134)116(8)82(45-58-20-14-12-15-21-58)95(133)112-77(43-61-29-33-66(121)34-30-61)98(136)114(6)79(35-38-89(127)128)94(132)111-75(47-63-51-107-72-25-19-18-24-68(63)72)93(131)110-74(42-60-27-31-65(120)32-28-60)92(130)109-73(39-56(2)3)91(129)113-78(85(123)36-37-87(106)125)54-140-55-88(126)108-76(44-62-40-70(102)90(104)71(103)41-62)97(135)117(9)83(99(137)115(80)7)46-59-22-16-13-17-23-59/h12-25,27-34,40-41,51,56-57,64,67,69,73-84,107,120-122H,10-11,26,35-39,42-50,52-55,105H2,1-9H3,(H2,106,125)(H,108,126)(H,109,130)(H,110,131)(H,111,132)(H,112,133)(H,113,129)(H,127,128)/t64-,67-,69+,73+,74+,75+,76+,77+,78+,79-,80+,81+,82+,83+,84-/m1/s1. The summed E-state index contributed by atoms with van der Waals surface area (Å²) in [5, 5.41) is 59.7. The highest BCUT2D eigenvalue weighted by Crippen LogP contribution is 2.33. The number of rotatable bonds is 25. The maximum absolute atomic E-state index is 15.9. The van der Waals surface area contributed by atoms with E-state index in [-0.39, 0.29) is 81.4 Å². The Balaban J connectivity index is 1.08. The molecule has 39 heteroatoms. The number of halogens is 3. The van der Waals surface area contributed by atoms with Gasteiger partial charge in [0, 0.05) is 147 Å². The normalized spacial score (nSPS) is 24.2. The first-order valence-electron chi connectivity index (χ1n) is 46.9. The summed E-state index contributed by atoms with van der Waals surface area (Å²) < 4.78 is 45.3. The van der Waals surface area contributed by atoms with E-state index in [9.17, 15) is 44.0 Å². The SMILES string of the molecule is CCCC[C@H]1C(=O)N2C[C@H](O)C[C@@H]2C(=O)N2C[C@H](N)C[C@H]2C(=O)C[C@@H](C(C)C)C(=O)N(C)[C@@H](Cc2ccccc2)C(=O)N[C@@H](Cc2ccc(O)cc2)C(=O)N(C)[C@H](CCC(=O)O)C(=O)N[C@@H](Cc2c[nH]c3ccccc23)C(=O)N[C@@H](Cc2ccc(O)cc2)C(=O)N[C@@H](CC(C)C)C(=O)N[C@H](C(=O)CCC(N)=O)CSCC(=O)N[C@@H](Cc2cc(F)c(F)c(F)c2)C(=O)N(C)[C@@H](Cc2ccccc2)C(=O)N1C. The number of ketones is 2. The van der Waals surface area contributed by atoms with Crippen molar-refractivity contribution in [2.45, 2.75) is 228 Å². The number of aromatic hydroxyl groups is 2. The monoisotopic (exact) mass is 1960 g/mol. The largest absolute Gasteiger partial charge is 0.508 e. The lowest BCUT2D eigenvalue weighted by molar-refractivity contribution is -0.154. The van der Waals surface area contributed by atoms with Crippen LogP contribution in [-0.4, -0.2) is 287 Å². The number of carboxylic acid groups (broad SMARTS) is 1. The summed E-state index contributed by atoms with van der Waals surface area (Å²) in [7, 11) is 5.01. The lowest BCUT2D eigenvalue weighted by Gasteiger charge is -2.38. The summed E-state index contributed by atoms with van der Waals surface area (Å²) in [6, 6.07) is 15.4. The van der Waals surface area contributed by atoms with Gasteiger partial charge in [0.1, 0.15) is 71.9 Å². The smallest absolute Gasteiger partial charge is 0.303 e. The van der Waals surface area contributed by atoms with Crippen LogP contribution in [-0.2, 0) is 115 Å². The molecular weight excluding hydrogens is 1830 g/mol. The first kappa shape index (κ1) is 108. The fourth-order valence-corrected chi connectivity index (χ4v) is 18.9. The number of benzene rings is 6. The van der Waals surface area contributed by atoms with Crippen molar-refractivity contribution in [3.8, 4) is 11.5 Å². The number of nitrogens with two attached hydrogens (primary N) is 2. The van der Waals surface area contributed by atoms with Crippen molar-refractivity contribution in [3.05, 3.63) is 203 Å². The summed E-state index contributed by atoms with van der Waals surface area (Å²) in [5.41, 5.74) is 14.5. The number of primary amides is 1. The maximum atomic E-state index is 15.9. The fraction of sp³-hybridized carbons (Fsp3) is 0.465. The molecule has 752 valence electrons. The van der Waals surface area contributed by atoms with Gasteiger partial charge in [0.25, 0.3) is 0 Å². The summed E-state index contributed by atoms with van der Waals surface area (Å²) in [5.74, 6) is -24.5.